The molecule has 1 atom stereocenters. The third-order valence-corrected chi connectivity index (χ3v) is 5.14. The lowest BCUT2D eigenvalue weighted by Crippen LogP contribution is -2.46. The van der Waals surface area contributed by atoms with Crippen molar-refractivity contribution < 1.29 is 13.2 Å². The van der Waals surface area contributed by atoms with Crippen molar-refractivity contribution >= 4 is 27.1 Å². The Balaban J connectivity index is 1.89. The molecule has 1 fully saturated rings. The second-order valence-electron chi connectivity index (χ2n) is 5.46. The van der Waals surface area contributed by atoms with Crippen molar-refractivity contribution in [3.05, 3.63) is 24.3 Å². The Hall–Kier alpha value is -1.60. The summed E-state index contributed by atoms with van der Waals surface area (Å²) in [4.78, 5) is 13.9. The first-order valence-electron chi connectivity index (χ1n) is 6.87. The van der Waals surface area contributed by atoms with E-state index < -0.39 is 9.84 Å². The molecule has 1 amide bonds. The smallest absolute Gasteiger partial charge is 0.225 e. The Labute approximate surface area is 125 Å². The van der Waals surface area contributed by atoms with Crippen LogP contribution in [0.15, 0.2) is 24.3 Å². The monoisotopic (exact) mass is 311 g/mol. The summed E-state index contributed by atoms with van der Waals surface area (Å²) in [6.07, 6.45) is 0.161. The molecule has 21 heavy (non-hydrogen) atoms. The third-order valence-electron chi connectivity index (χ3n) is 3.40. The molecule has 1 saturated heterocycles. The number of carbonyl (C=O) groups is 1. The molecule has 0 bridgehead atoms. The number of nitrogens with zero attached hydrogens (tertiary/aromatic N) is 1. The SMILES string of the molecule is CN(C)c1ccc(NC(=O)CC2CS(=O)(=O)CCN2)cc1. The Morgan fingerprint density at radius 3 is 2.57 bits per heavy atom. The van der Waals surface area contributed by atoms with Crippen LogP contribution < -0.4 is 15.5 Å². The van der Waals surface area contributed by atoms with Gasteiger partial charge in [-0.25, -0.2) is 8.42 Å². The largest absolute Gasteiger partial charge is 0.378 e. The highest BCUT2D eigenvalue weighted by Crippen LogP contribution is 2.16. The van der Waals surface area contributed by atoms with Crippen LogP contribution in [0.3, 0.4) is 0 Å². The molecule has 7 heteroatoms. The lowest BCUT2D eigenvalue weighted by Gasteiger charge is -2.23. The van der Waals surface area contributed by atoms with Gasteiger partial charge in [-0.1, -0.05) is 0 Å². The molecule has 1 heterocycles. The van der Waals surface area contributed by atoms with E-state index in [1.54, 1.807) is 0 Å². The molecule has 0 aliphatic carbocycles. The van der Waals surface area contributed by atoms with Crippen molar-refractivity contribution in [2.75, 3.05) is 42.4 Å². The molecular formula is C14H21N3O3S. The number of sulfone groups is 1. The lowest BCUT2D eigenvalue weighted by atomic mass is 10.2. The summed E-state index contributed by atoms with van der Waals surface area (Å²) < 4.78 is 23.1. The van der Waals surface area contributed by atoms with E-state index in [0.29, 0.717) is 12.2 Å². The number of nitrogens with one attached hydrogen (secondary N) is 2. The van der Waals surface area contributed by atoms with Gasteiger partial charge in [0, 0.05) is 44.5 Å². The zero-order valence-corrected chi connectivity index (χ0v) is 13.1. The van der Waals surface area contributed by atoms with Crippen LogP contribution in [0.25, 0.3) is 0 Å². The van der Waals surface area contributed by atoms with Gasteiger partial charge >= 0.3 is 0 Å². The maximum absolute atomic E-state index is 12.0. The van der Waals surface area contributed by atoms with Gasteiger partial charge in [0.05, 0.1) is 11.5 Å². The van der Waals surface area contributed by atoms with Crippen LogP contribution in [0.4, 0.5) is 11.4 Å². The van der Waals surface area contributed by atoms with Crippen molar-refractivity contribution in [2.45, 2.75) is 12.5 Å². The predicted octanol–water partition coefficient (Wildman–Crippen LogP) is 0.468. The van der Waals surface area contributed by atoms with Gasteiger partial charge < -0.3 is 15.5 Å². The van der Waals surface area contributed by atoms with Crippen molar-refractivity contribution in [3.8, 4) is 0 Å². The fourth-order valence-corrected chi connectivity index (χ4v) is 3.72. The van der Waals surface area contributed by atoms with Gasteiger partial charge in [-0.2, -0.15) is 0 Å². The summed E-state index contributed by atoms with van der Waals surface area (Å²) in [6.45, 7) is 0.414. The summed E-state index contributed by atoms with van der Waals surface area (Å²) in [5.41, 5.74) is 1.76. The lowest BCUT2D eigenvalue weighted by molar-refractivity contribution is -0.116. The van der Waals surface area contributed by atoms with Crippen molar-refractivity contribution in [1.82, 2.24) is 5.32 Å². The molecule has 1 aromatic carbocycles. The standard InChI is InChI=1S/C14H21N3O3S/c1-17(2)13-5-3-11(4-6-13)16-14(18)9-12-10-21(19,20)8-7-15-12/h3-6,12,15H,7-10H2,1-2H3,(H,16,18). The molecule has 1 aliphatic heterocycles. The Morgan fingerprint density at radius 2 is 2.00 bits per heavy atom. The Morgan fingerprint density at radius 1 is 1.33 bits per heavy atom. The molecule has 116 valence electrons. The zero-order valence-electron chi connectivity index (χ0n) is 12.3. The highest BCUT2D eigenvalue weighted by molar-refractivity contribution is 7.91. The second kappa shape index (κ2) is 6.44. The maximum Gasteiger partial charge on any atom is 0.225 e. The first-order valence-corrected chi connectivity index (χ1v) is 8.69. The second-order valence-corrected chi connectivity index (χ2v) is 7.69. The summed E-state index contributed by atoms with van der Waals surface area (Å²) >= 11 is 0. The van der Waals surface area contributed by atoms with Gasteiger partial charge in [0.15, 0.2) is 9.84 Å². The van der Waals surface area contributed by atoms with Gasteiger partial charge in [-0.15, -0.1) is 0 Å². The van der Waals surface area contributed by atoms with Crippen molar-refractivity contribution in [2.24, 2.45) is 0 Å². The minimum Gasteiger partial charge on any atom is -0.378 e. The average molecular weight is 311 g/mol. The van der Waals surface area contributed by atoms with E-state index in [2.05, 4.69) is 10.6 Å². The topological polar surface area (TPSA) is 78.5 Å². The Bertz CT molecular complexity index is 596. The molecule has 0 spiro atoms. The number of anilines is 2. The molecule has 2 rings (SSSR count). The molecular weight excluding hydrogens is 290 g/mol. The fraction of sp³-hybridized carbons (Fsp3) is 0.500. The van der Waals surface area contributed by atoms with Gasteiger partial charge in [-0.05, 0) is 24.3 Å². The van der Waals surface area contributed by atoms with Crippen LogP contribution in [0.1, 0.15) is 6.42 Å². The van der Waals surface area contributed by atoms with Gasteiger partial charge in [0.1, 0.15) is 0 Å². The molecule has 1 aliphatic rings. The molecule has 6 nitrogen and oxygen atoms in total. The highest BCUT2D eigenvalue weighted by atomic mass is 32.2. The van der Waals surface area contributed by atoms with Crippen molar-refractivity contribution in [1.29, 1.82) is 0 Å². The van der Waals surface area contributed by atoms with Gasteiger partial charge in [0.25, 0.3) is 0 Å². The van der Waals surface area contributed by atoms with Crippen LogP contribution in [0.2, 0.25) is 0 Å². The fourth-order valence-electron chi connectivity index (χ4n) is 2.28. The van der Waals surface area contributed by atoms with E-state index in [4.69, 9.17) is 0 Å². The number of rotatable bonds is 4. The van der Waals surface area contributed by atoms with E-state index in [1.807, 2.05) is 43.3 Å². The van der Waals surface area contributed by atoms with Crippen LogP contribution in [0.5, 0.6) is 0 Å². The van der Waals surface area contributed by atoms with Crippen LogP contribution >= 0.6 is 0 Å². The van der Waals surface area contributed by atoms with E-state index in [1.165, 1.54) is 0 Å². The van der Waals surface area contributed by atoms with E-state index in [0.717, 1.165) is 5.69 Å². The zero-order chi connectivity index (χ0) is 15.5. The molecule has 2 N–H and O–H groups in total. The van der Waals surface area contributed by atoms with Crippen molar-refractivity contribution in [3.63, 3.8) is 0 Å². The first kappa shape index (κ1) is 15.8. The molecule has 0 radical (unpaired) electrons. The number of amides is 1. The van der Waals surface area contributed by atoms with Gasteiger partial charge in [0.2, 0.25) is 5.91 Å². The van der Waals surface area contributed by atoms with Crippen LogP contribution in [0, 0.1) is 0 Å². The molecule has 1 unspecified atom stereocenters. The number of carbonyl (C=O) groups excluding carboxylic acids is 1. The molecule has 0 aromatic heterocycles. The normalized spacial score (nSPS) is 20.8. The van der Waals surface area contributed by atoms with Gasteiger partial charge in [-0.3, -0.25) is 4.79 Å². The summed E-state index contributed by atoms with van der Waals surface area (Å²) in [5.74, 6) is -0.000833. The number of hydrogen-bond donors (Lipinski definition) is 2. The summed E-state index contributed by atoms with van der Waals surface area (Å²) in [7, 11) is 0.881. The third kappa shape index (κ3) is 4.71. The number of hydrogen-bond acceptors (Lipinski definition) is 5. The minimum atomic E-state index is -3.01. The van der Waals surface area contributed by atoms with E-state index in [-0.39, 0.29) is 29.9 Å². The quantitative estimate of drug-likeness (QED) is 0.845. The Kier molecular flexibility index (Phi) is 4.84. The first-order chi connectivity index (χ1) is 9.85. The summed E-state index contributed by atoms with van der Waals surface area (Å²) in [5, 5.41) is 5.86. The van der Waals surface area contributed by atoms with Crippen LogP contribution in [-0.4, -0.2) is 52.5 Å². The van der Waals surface area contributed by atoms with E-state index in [9.17, 15) is 13.2 Å². The van der Waals surface area contributed by atoms with E-state index >= 15 is 0 Å². The highest BCUT2D eigenvalue weighted by Gasteiger charge is 2.25. The van der Waals surface area contributed by atoms with Crippen LogP contribution in [-0.2, 0) is 14.6 Å². The average Bonchev–Trinajstić information content (AvgIpc) is 2.37. The maximum atomic E-state index is 12.0. The summed E-state index contributed by atoms with van der Waals surface area (Å²) in [6, 6.07) is 7.19. The minimum absolute atomic E-state index is 0.0278. The number of benzene rings is 1. The predicted molar refractivity (Wildman–Crippen MR) is 84.5 cm³/mol. The molecule has 1 aromatic rings. The molecule has 0 saturated carbocycles.